The Hall–Kier alpha value is -1.30. The van der Waals surface area contributed by atoms with E-state index in [9.17, 15) is 4.79 Å². The fourth-order valence-electron chi connectivity index (χ4n) is 3.03. The van der Waals surface area contributed by atoms with Gasteiger partial charge in [-0.05, 0) is 33.7 Å². The normalized spacial score (nSPS) is 18.8. The summed E-state index contributed by atoms with van der Waals surface area (Å²) in [6.07, 6.45) is 0.982. The Morgan fingerprint density at radius 2 is 2.00 bits per heavy atom. The van der Waals surface area contributed by atoms with Gasteiger partial charge < -0.3 is 15.5 Å². The third-order valence-corrected chi connectivity index (χ3v) is 4.47. The molecule has 0 aliphatic carbocycles. The zero-order valence-corrected chi connectivity index (χ0v) is 16.4. The predicted molar refractivity (Wildman–Crippen MR) is 101 cm³/mol. The second-order valence-corrected chi connectivity index (χ2v) is 7.05. The summed E-state index contributed by atoms with van der Waals surface area (Å²) in [6.45, 7) is 17.9. The molecule has 1 rings (SSSR count). The van der Waals surface area contributed by atoms with Crippen molar-refractivity contribution in [1.82, 2.24) is 20.4 Å². The molecule has 1 fully saturated rings. The summed E-state index contributed by atoms with van der Waals surface area (Å²) in [4.78, 5) is 21.2. The Kier molecular flexibility index (Phi) is 9.11. The van der Waals surface area contributed by atoms with Gasteiger partial charge in [-0.3, -0.25) is 14.7 Å². The SMILES string of the molecule is CCNC(=NCCN(CC)C(C)C)NC1CCN(C(=O)C(C)C)C1. The molecule has 1 amide bonds. The highest BCUT2D eigenvalue weighted by Crippen LogP contribution is 2.12. The maximum atomic E-state index is 12.1. The summed E-state index contributed by atoms with van der Waals surface area (Å²) in [5.41, 5.74) is 0. The van der Waals surface area contributed by atoms with E-state index in [1.54, 1.807) is 0 Å². The number of guanidine groups is 1. The Labute approximate surface area is 148 Å². The lowest BCUT2D eigenvalue weighted by Crippen LogP contribution is -2.45. The molecule has 1 aliphatic heterocycles. The molecule has 1 saturated heterocycles. The lowest BCUT2D eigenvalue weighted by molar-refractivity contribution is -0.133. The monoisotopic (exact) mass is 339 g/mol. The molecule has 6 heteroatoms. The molecule has 1 heterocycles. The van der Waals surface area contributed by atoms with E-state index in [0.717, 1.165) is 51.6 Å². The molecule has 0 saturated carbocycles. The molecule has 140 valence electrons. The molecule has 6 nitrogen and oxygen atoms in total. The number of hydrogen-bond donors (Lipinski definition) is 2. The first-order valence-corrected chi connectivity index (χ1v) is 9.46. The second-order valence-electron chi connectivity index (χ2n) is 7.05. The first-order chi connectivity index (χ1) is 11.4. The standard InChI is InChI=1S/C18H37N5O/c1-7-19-18(20-10-12-22(8-2)15(5)6)21-16-9-11-23(13-16)17(24)14(3)4/h14-16H,7-13H2,1-6H3,(H2,19,20,21). The fourth-order valence-corrected chi connectivity index (χ4v) is 3.03. The molecule has 24 heavy (non-hydrogen) atoms. The molecule has 0 spiro atoms. The minimum absolute atomic E-state index is 0.0710. The van der Waals surface area contributed by atoms with E-state index in [0.29, 0.717) is 6.04 Å². The van der Waals surface area contributed by atoms with Crippen molar-refractivity contribution in [2.75, 3.05) is 39.3 Å². The summed E-state index contributed by atoms with van der Waals surface area (Å²) in [5, 5.41) is 6.80. The third-order valence-electron chi connectivity index (χ3n) is 4.47. The summed E-state index contributed by atoms with van der Waals surface area (Å²) in [5.74, 6) is 1.18. The highest BCUT2D eigenvalue weighted by Gasteiger charge is 2.27. The van der Waals surface area contributed by atoms with Crippen LogP contribution in [0.1, 0.15) is 48.0 Å². The number of amides is 1. The summed E-state index contributed by atoms with van der Waals surface area (Å²) < 4.78 is 0. The molecular weight excluding hydrogens is 302 g/mol. The average Bonchev–Trinajstić information content (AvgIpc) is 2.98. The summed E-state index contributed by atoms with van der Waals surface area (Å²) in [7, 11) is 0. The van der Waals surface area contributed by atoms with Gasteiger partial charge in [0.1, 0.15) is 0 Å². The molecule has 1 aliphatic rings. The molecule has 0 bridgehead atoms. The zero-order chi connectivity index (χ0) is 18.1. The van der Waals surface area contributed by atoms with Crippen LogP contribution in [0, 0.1) is 5.92 Å². The van der Waals surface area contributed by atoms with Gasteiger partial charge in [0.25, 0.3) is 0 Å². The van der Waals surface area contributed by atoms with Gasteiger partial charge in [0, 0.05) is 44.2 Å². The van der Waals surface area contributed by atoms with Crippen LogP contribution in [0.3, 0.4) is 0 Å². The second kappa shape index (κ2) is 10.5. The Balaban J connectivity index is 2.51. The quantitative estimate of drug-likeness (QED) is 0.520. The Bertz CT molecular complexity index is 408. The van der Waals surface area contributed by atoms with Crippen molar-refractivity contribution in [2.45, 2.75) is 60.0 Å². The summed E-state index contributed by atoms with van der Waals surface area (Å²) >= 11 is 0. The molecule has 1 unspecified atom stereocenters. The maximum absolute atomic E-state index is 12.1. The number of rotatable bonds is 8. The van der Waals surface area contributed by atoms with E-state index < -0.39 is 0 Å². The number of likely N-dealkylation sites (tertiary alicyclic amines) is 1. The van der Waals surface area contributed by atoms with Gasteiger partial charge in [-0.2, -0.15) is 0 Å². The molecule has 0 aromatic carbocycles. The highest BCUT2D eigenvalue weighted by atomic mass is 16.2. The smallest absolute Gasteiger partial charge is 0.225 e. The minimum atomic E-state index is 0.0710. The number of aliphatic imine (C=N–C) groups is 1. The van der Waals surface area contributed by atoms with Crippen LogP contribution in [0.2, 0.25) is 0 Å². The van der Waals surface area contributed by atoms with Gasteiger partial charge in [0.2, 0.25) is 5.91 Å². The van der Waals surface area contributed by atoms with Gasteiger partial charge in [-0.15, -0.1) is 0 Å². The van der Waals surface area contributed by atoms with Gasteiger partial charge >= 0.3 is 0 Å². The van der Waals surface area contributed by atoms with Gasteiger partial charge in [0.05, 0.1) is 6.54 Å². The topological polar surface area (TPSA) is 60.0 Å². The van der Waals surface area contributed by atoms with Crippen LogP contribution in [0.15, 0.2) is 4.99 Å². The predicted octanol–water partition coefficient (Wildman–Crippen LogP) is 1.53. The van der Waals surface area contributed by atoms with Crippen LogP contribution in [-0.4, -0.2) is 73.0 Å². The first-order valence-electron chi connectivity index (χ1n) is 9.46. The molecule has 0 aromatic rings. The van der Waals surface area contributed by atoms with Crippen molar-refractivity contribution < 1.29 is 4.79 Å². The van der Waals surface area contributed by atoms with E-state index in [4.69, 9.17) is 4.99 Å². The first kappa shape index (κ1) is 20.7. The molecule has 0 aromatic heterocycles. The van der Waals surface area contributed by atoms with Gasteiger partial charge in [-0.25, -0.2) is 0 Å². The lowest BCUT2D eigenvalue weighted by Gasteiger charge is -2.24. The van der Waals surface area contributed by atoms with E-state index in [-0.39, 0.29) is 17.9 Å². The van der Waals surface area contributed by atoms with Gasteiger partial charge in [-0.1, -0.05) is 20.8 Å². The third kappa shape index (κ3) is 6.67. The van der Waals surface area contributed by atoms with Gasteiger partial charge in [0.15, 0.2) is 5.96 Å². The Morgan fingerprint density at radius 3 is 2.54 bits per heavy atom. The van der Waals surface area contributed by atoms with Crippen LogP contribution >= 0.6 is 0 Å². The van der Waals surface area contributed by atoms with E-state index in [1.165, 1.54) is 0 Å². The van der Waals surface area contributed by atoms with E-state index in [2.05, 4.69) is 43.2 Å². The van der Waals surface area contributed by atoms with Crippen LogP contribution in [0.25, 0.3) is 0 Å². The highest BCUT2D eigenvalue weighted by molar-refractivity contribution is 5.81. The van der Waals surface area contributed by atoms with Crippen molar-refractivity contribution in [3.63, 3.8) is 0 Å². The van der Waals surface area contributed by atoms with Crippen molar-refractivity contribution in [2.24, 2.45) is 10.9 Å². The molecule has 0 radical (unpaired) electrons. The number of likely N-dealkylation sites (N-methyl/N-ethyl adjacent to an activating group) is 1. The number of nitrogens with zero attached hydrogens (tertiary/aromatic N) is 3. The number of nitrogens with one attached hydrogen (secondary N) is 2. The van der Waals surface area contributed by atoms with E-state index in [1.807, 2.05) is 18.7 Å². The van der Waals surface area contributed by atoms with Crippen molar-refractivity contribution in [1.29, 1.82) is 0 Å². The fraction of sp³-hybridized carbons (Fsp3) is 0.889. The molecule has 2 N–H and O–H groups in total. The van der Waals surface area contributed by atoms with Crippen LogP contribution < -0.4 is 10.6 Å². The van der Waals surface area contributed by atoms with E-state index >= 15 is 0 Å². The number of carbonyl (C=O) groups excluding carboxylic acids is 1. The van der Waals surface area contributed by atoms with Crippen molar-refractivity contribution >= 4 is 11.9 Å². The number of carbonyl (C=O) groups is 1. The van der Waals surface area contributed by atoms with Crippen LogP contribution in [0.4, 0.5) is 0 Å². The van der Waals surface area contributed by atoms with Crippen molar-refractivity contribution in [3.8, 4) is 0 Å². The zero-order valence-electron chi connectivity index (χ0n) is 16.4. The number of hydrogen-bond acceptors (Lipinski definition) is 3. The Morgan fingerprint density at radius 1 is 1.29 bits per heavy atom. The average molecular weight is 340 g/mol. The minimum Gasteiger partial charge on any atom is -0.357 e. The van der Waals surface area contributed by atoms with Crippen LogP contribution in [0.5, 0.6) is 0 Å². The molecule has 1 atom stereocenters. The van der Waals surface area contributed by atoms with Crippen LogP contribution in [-0.2, 0) is 4.79 Å². The largest absolute Gasteiger partial charge is 0.357 e. The summed E-state index contributed by atoms with van der Waals surface area (Å²) in [6, 6.07) is 0.837. The van der Waals surface area contributed by atoms with Crippen molar-refractivity contribution in [3.05, 3.63) is 0 Å². The molecular formula is C18H37N5O. The lowest BCUT2D eigenvalue weighted by atomic mass is 10.2. The maximum Gasteiger partial charge on any atom is 0.225 e.